The fraction of sp³-hybridized carbons (Fsp3) is 0.333. The SMILES string of the molecule is CCC1CN(c2nc(=O)[nH]c3c(Cl)c(-c4cc(O)cc5cccc(Cl)c45)nc(Cl)c23)CC(CC)N1C(=O)C(F)(F)F. The summed E-state index contributed by atoms with van der Waals surface area (Å²) >= 11 is 20.0. The van der Waals surface area contributed by atoms with Crippen LogP contribution in [-0.2, 0) is 4.79 Å². The number of aromatic hydroxyl groups is 1. The summed E-state index contributed by atoms with van der Waals surface area (Å²) in [6.07, 6.45) is -4.55. The van der Waals surface area contributed by atoms with Gasteiger partial charge in [0.15, 0.2) is 0 Å². The molecule has 0 bridgehead atoms. The van der Waals surface area contributed by atoms with Crippen LogP contribution in [0.3, 0.4) is 0 Å². The number of aromatic nitrogens is 3. The number of carbonyl (C=O) groups is 1. The Morgan fingerprint density at radius 1 is 1.07 bits per heavy atom. The number of H-pyrrole nitrogens is 1. The van der Waals surface area contributed by atoms with Crippen LogP contribution in [0.15, 0.2) is 35.1 Å². The zero-order valence-corrected chi connectivity index (χ0v) is 24.0. The standard InChI is InChI=1S/C27H23Cl3F3N5O3/c1-3-13-10-37(11-14(4-2)38(13)25(40)27(31,32)33)24-19-22(35-26(41)36-24)20(29)21(34-23(19)30)16-9-15(39)8-12-6-5-7-17(28)18(12)16/h5-9,13-14,39H,3-4,10-11H2,1-2H3,(H,35,36,41). The van der Waals surface area contributed by atoms with Crippen LogP contribution in [0.25, 0.3) is 32.9 Å². The molecule has 1 fully saturated rings. The molecule has 0 spiro atoms. The topological polar surface area (TPSA) is 102 Å². The average molecular weight is 629 g/mol. The van der Waals surface area contributed by atoms with E-state index < -0.39 is 29.9 Å². The van der Waals surface area contributed by atoms with Gasteiger partial charge >= 0.3 is 17.8 Å². The summed E-state index contributed by atoms with van der Waals surface area (Å²) in [5, 5.41) is 12.0. The molecule has 2 aromatic carbocycles. The molecule has 8 nitrogen and oxygen atoms in total. The molecule has 4 aromatic rings. The molecular formula is C27H23Cl3F3N5O3. The lowest BCUT2D eigenvalue weighted by atomic mass is 9.99. The molecule has 14 heteroatoms. The van der Waals surface area contributed by atoms with Crippen LogP contribution in [-0.4, -0.2) is 62.2 Å². The van der Waals surface area contributed by atoms with E-state index in [1.165, 1.54) is 12.1 Å². The van der Waals surface area contributed by atoms with Gasteiger partial charge in [0.25, 0.3) is 0 Å². The highest BCUT2D eigenvalue weighted by Gasteiger charge is 2.48. The van der Waals surface area contributed by atoms with Crippen molar-refractivity contribution in [2.45, 2.75) is 44.9 Å². The van der Waals surface area contributed by atoms with Gasteiger partial charge in [-0.3, -0.25) is 4.79 Å². The summed E-state index contributed by atoms with van der Waals surface area (Å²) in [5.41, 5.74) is -0.147. The van der Waals surface area contributed by atoms with Crippen molar-refractivity contribution >= 4 is 68.2 Å². The Labute approximate surface area is 246 Å². The summed E-state index contributed by atoms with van der Waals surface area (Å²) in [5.74, 6) is -1.89. The van der Waals surface area contributed by atoms with E-state index in [0.717, 1.165) is 4.90 Å². The molecule has 1 amide bonds. The van der Waals surface area contributed by atoms with Gasteiger partial charge in [-0.25, -0.2) is 9.78 Å². The van der Waals surface area contributed by atoms with Crippen LogP contribution >= 0.6 is 34.8 Å². The maximum absolute atomic E-state index is 13.4. The third-order valence-electron chi connectivity index (χ3n) is 7.29. The molecule has 1 aliphatic rings. The van der Waals surface area contributed by atoms with E-state index in [9.17, 15) is 27.9 Å². The van der Waals surface area contributed by atoms with Crippen LogP contribution < -0.4 is 10.6 Å². The second-order valence-electron chi connectivity index (χ2n) is 9.75. The van der Waals surface area contributed by atoms with Crippen molar-refractivity contribution in [2.75, 3.05) is 18.0 Å². The molecule has 0 radical (unpaired) electrons. The molecule has 0 aliphatic carbocycles. The Morgan fingerprint density at radius 3 is 2.34 bits per heavy atom. The molecule has 1 saturated heterocycles. The number of nitrogens with one attached hydrogen (secondary N) is 1. The molecule has 216 valence electrons. The average Bonchev–Trinajstić information content (AvgIpc) is 2.92. The highest BCUT2D eigenvalue weighted by Crippen LogP contribution is 2.43. The Bertz CT molecular complexity index is 1730. The minimum absolute atomic E-state index is 0.00179. The summed E-state index contributed by atoms with van der Waals surface area (Å²) in [4.78, 5) is 38.9. The number of pyridine rings is 1. The Hall–Kier alpha value is -3.28. The predicted molar refractivity (Wildman–Crippen MR) is 153 cm³/mol. The number of aromatic amines is 1. The third kappa shape index (κ3) is 5.15. The lowest BCUT2D eigenvalue weighted by Crippen LogP contribution is -2.63. The number of anilines is 1. The van der Waals surface area contributed by atoms with Gasteiger partial charge in [-0.05, 0) is 36.4 Å². The Morgan fingerprint density at radius 2 is 1.73 bits per heavy atom. The molecule has 1 aliphatic heterocycles. The number of alkyl halides is 3. The number of phenolic OH excluding ortho intramolecular Hbond substituents is 1. The zero-order chi connectivity index (χ0) is 29.8. The van der Waals surface area contributed by atoms with Gasteiger partial charge in [-0.2, -0.15) is 18.2 Å². The number of halogens is 6. The Kier molecular flexibility index (Phi) is 7.73. The number of piperazine rings is 1. The van der Waals surface area contributed by atoms with Crippen molar-refractivity contribution in [3.63, 3.8) is 0 Å². The summed E-state index contributed by atoms with van der Waals surface area (Å²) < 4.78 is 40.3. The number of carbonyl (C=O) groups excluding carboxylic acids is 1. The van der Waals surface area contributed by atoms with Crippen molar-refractivity contribution < 1.29 is 23.1 Å². The normalized spacial score (nSPS) is 18.0. The highest BCUT2D eigenvalue weighted by molar-refractivity contribution is 6.42. The summed E-state index contributed by atoms with van der Waals surface area (Å²) in [7, 11) is 0. The minimum atomic E-state index is -5.02. The van der Waals surface area contributed by atoms with Gasteiger partial charge in [0.2, 0.25) is 0 Å². The predicted octanol–water partition coefficient (Wildman–Crippen LogP) is 6.57. The van der Waals surface area contributed by atoms with Crippen molar-refractivity contribution in [1.82, 2.24) is 19.9 Å². The second-order valence-corrected chi connectivity index (χ2v) is 10.9. The minimum Gasteiger partial charge on any atom is -0.508 e. The lowest BCUT2D eigenvalue weighted by molar-refractivity contribution is -0.191. The smallest absolute Gasteiger partial charge is 0.471 e. The number of rotatable bonds is 4. The number of hydrogen-bond donors (Lipinski definition) is 2. The van der Waals surface area contributed by atoms with Gasteiger partial charge in [-0.1, -0.05) is 60.8 Å². The number of nitrogens with zero attached hydrogens (tertiary/aromatic N) is 4. The fourth-order valence-corrected chi connectivity index (χ4v) is 6.30. The number of benzene rings is 2. The maximum Gasteiger partial charge on any atom is 0.471 e. The maximum atomic E-state index is 13.4. The molecule has 5 rings (SSSR count). The van der Waals surface area contributed by atoms with Crippen molar-refractivity contribution in [2.24, 2.45) is 0 Å². The molecule has 41 heavy (non-hydrogen) atoms. The van der Waals surface area contributed by atoms with E-state index in [1.54, 1.807) is 36.9 Å². The van der Waals surface area contributed by atoms with Crippen LogP contribution in [0.1, 0.15) is 26.7 Å². The van der Waals surface area contributed by atoms with Crippen molar-refractivity contribution in [3.8, 4) is 17.0 Å². The molecule has 0 saturated carbocycles. The first-order chi connectivity index (χ1) is 19.3. The quantitative estimate of drug-likeness (QED) is 0.248. The monoisotopic (exact) mass is 627 g/mol. The molecule has 2 N–H and O–H groups in total. The van der Waals surface area contributed by atoms with Crippen LogP contribution in [0.5, 0.6) is 5.75 Å². The van der Waals surface area contributed by atoms with E-state index in [1.807, 2.05) is 0 Å². The van der Waals surface area contributed by atoms with Crippen LogP contribution in [0.2, 0.25) is 15.2 Å². The van der Waals surface area contributed by atoms with Gasteiger partial charge in [0.05, 0.1) is 21.6 Å². The zero-order valence-electron chi connectivity index (χ0n) is 21.7. The van der Waals surface area contributed by atoms with E-state index in [0.29, 0.717) is 21.4 Å². The number of amides is 1. The van der Waals surface area contributed by atoms with Crippen molar-refractivity contribution in [1.29, 1.82) is 0 Å². The summed E-state index contributed by atoms with van der Waals surface area (Å²) in [6.45, 7) is 3.32. The first-order valence-electron chi connectivity index (χ1n) is 12.7. The first-order valence-corrected chi connectivity index (χ1v) is 13.8. The Balaban J connectivity index is 1.68. The molecular weight excluding hydrogens is 606 g/mol. The molecule has 2 aromatic heterocycles. The van der Waals surface area contributed by atoms with Gasteiger partial charge in [0, 0.05) is 41.1 Å². The number of hydrogen-bond acceptors (Lipinski definition) is 6. The molecule has 2 unspecified atom stereocenters. The number of phenols is 1. The van der Waals surface area contributed by atoms with E-state index in [-0.39, 0.29) is 64.3 Å². The fourth-order valence-electron chi connectivity index (χ4n) is 5.46. The lowest BCUT2D eigenvalue weighted by Gasteiger charge is -2.47. The van der Waals surface area contributed by atoms with Crippen LogP contribution in [0, 0.1) is 0 Å². The van der Waals surface area contributed by atoms with Gasteiger partial charge in [0.1, 0.15) is 16.7 Å². The van der Waals surface area contributed by atoms with E-state index in [2.05, 4.69) is 15.0 Å². The van der Waals surface area contributed by atoms with Gasteiger partial charge < -0.3 is 19.9 Å². The van der Waals surface area contributed by atoms with E-state index >= 15 is 0 Å². The first kappa shape index (κ1) is 29.2. The van der Waals surface area contributed by atoms with Crippen LogP contribution in [0.4, 0.5) is 19.0 Å². The summed E-state index contributed by atoms with van der Waals surface area (Å²) in [6, 6.07) is 6.50. The molecule has 2 atom stereocenters. The highest BCUT2D eigenvalue weighted by atomic mass is 35.5. The number of fused-ring (bicyclic) bond motifs is 2. The second kappa shape index (κ2) is 10.8. The van der Waals surface area contributed by atoms with Crippen molar-refractivity contribution in [3.05, 3.63) is 56.0 Å². The third-order valence-corrected chi connectivity index (χ3v) is 8.25. The largest absolute Gasteiger partial charge is 0.508 e. The van der Waals surface area contributed by atoms with Gasteiger partial charge in [-0.15, -0.1) is 0 Å². The molecule has 3 heterocycles. The van der Waals surface area contributed by atoms with E-state index in [4.69, 9.17) is 34.8 Å².